The lowest BCUT2D eigenvalue weighted by Gasteiger charge is -2.32. The van der Waals surface area contributed by atoms with Gasteiger partial charge >= 0.3 is 0 Å². The first-order valence-electron chi connectivity index (χ1n) is 24.6. The van der Waals surface area contributed by atoms with E-state index < -0.39 is 5.41 Å². The summed E-state index contributed by atoms with van der Waals surface area (Å²) in [5, 5.41) is 7.09. The summed E-state index contributed by atoms with van der Waals surface area (Å²) in [5.74, 6) is 0. The second-order valence-corrected chi connectivity index (χ2v) is 19.1. The highest BCUT2D eigenvalue weighted by atomic mass is 16.3. The zero-order valence-corrected chi connectivity index (χ0v) is 38.7. The summed E-state index contributed by atoms with van der Waals surface area (Å²) in [6.45, 7) is 0. The van der Waals surface area contributed by atoms with Crippen LogP contribution in [-0.4, -0.2) is 0 Å². The molecule has 0 saturated carbocycles. The molecule has 330 valence electrons. The zero-order chi connectivity index (χ0) is 46.6. The van der Waals surface area contributed by atoms with Gasteiger partial charge in [0.05, 0.1) is 11.1 Å². The Bertz CT molecular complexity index is 4240. The van der Waals surface area contributed by atoms with Gasteiger partial charge in [-0.3, -0.25) is 0 Å². The molecule has 2 heteroatoms. The van der Waals surface area contributed by atoms with Gasteiger partial charge in [-0.05, 0) is 148 Å². The topological polar surface area (TPSA) is 16.4 Å². The minimum Gasteiger partial charge on any atom is -0.456 e. The molecule has 2 nitrogen and oxygen atoms in total. The van der Waals surface area contributed by atoms with E-state index in [1.165, 1.54) is 82.7 Å². The molecule has 0 amide bonds. The van der Waals surface area contributed by atoms with Crippen molar-refractivity contribution in [2.75, 3.05) is 4.90 Å². The van der Waals surface area contributed by atoms with Crippen molar-refractivity contribution in [3.63, 3.8) is 0 Å². The number of benzene rings is 12. The SMILES string of the molecule is c1cc(-c2ccc(N(c3ccc4c(c3)C3(c5ccccc5-c5ccccc53)c3ccccc3-4)c3ccccc3-c3cccc4oc5cc6ccccc6cc5c34)cc2)cc(-c2cccc3ccccc23)c1. The summed E-state index contributed by atoms with van der Waals surface area (Å²) >= 11 is 0. The average Bonchev–Trinajstić information content (AvgIpc) is 4.07. The monoisotopic (exact) mass is 901 g/mol. The molecule has 1 aromatic heterocycles. The lowest BCUT2D eigenvalue weighted by molar-refractivity contribution is 0.669. The van der Waals surface area contributed by atoms with Gasteiger partial charge in [0.2, 0.25) is 0 Å². The predicted octanol–water partition coefficient (Wildman–Crippen LogP) is 18.7. The standard InChI is InChI=1S/C69H43NO/c1-2-18-48-42-67-60(41-47(48)17-1)68-59(28-15-33-66(68)71-67)58-26-8-12-32-65(58)70(50-36-34-44(35-37-50)46-20-13-21-49(40-46)53-27-14-19-45-16-3-4-22-52(45)53)51-38-39-57-56-25-7-11-31-63(56)69(64(57)43-51)61-29-9-5-23-54(61)55-24-6-10-30-62(55)69/h1-43H. The highest BCUT2D eigenvalue weighted by Gasteiger charge is 2.51. The van der Waals surface area contributed by atoms with Crippen LogP contribution in [0.5, 0.6) is 0 Å². The van der Waals surface area contributed by atoms with E-state index in [-0.39, 0.29) is 0 Å². The molecular weight excluding hydrogens is 859 g/mol. The summed E-state index contributed by atoms with van der Waals surface area (Å²) in [5.41, 5.74) is 22.0. The molecule has 1 heterocycles. The van der Waals surface area contributed by atoms with Crippen LogP contribution in [0.25, 0.3) is 99.1 Å². The molecule has 71 heavy (non-hydrogen) atoms. The van der Waals surface area contributed by atoms with Crippen LogP contribution in [0.2, 0.25) is 0 Å². The molecule has 1 spiro atoms. The third kappa shape index (κ3) is 5.83. The second kappa shape index (κ2) is 15.4. The summed E-state index contributed by atoms with van der Waals surface area (Å²) in [4.78, 5) is 2.48. The quantitative estimate of drug-likeness (QED) is 0.165. The number of para-hydroxylation sites is 1. The van der Waals surface area contributed by atoms with Gasteiger partial charge in [-0.1, -0.05) is 206 Å². The molecule has 15 rings (SSSR count). The van der Waals surface area contributed by atoms with Gasteiger partial charge in [0.25, 0.3) is 0 Å². The molecule has 0 aliphatic heterocycles. The van der Waals surface area contributed by atoms with Crippen molar-refractivity contribution >= 4 is 60.5 Å². The van der Waals surface area contributed by atoms with Crippen molar-refractivity contribution in [2.45, 2.75) is 5.41 Å². The van der Waals surface area contributed by atoms with Gasteiger partial charge in [0.1, 0.15) is 11.2 Å². The number of anilines is 3. The van der Waals surface area contributed by atoms with Crippen LogP contribution < -0.4 is 4.90 Å². The smallest absolute Gasteiger partial charge is 0.136 e. The van der Waals surface area contributed by atoms with Crippen LogP contribution in [0.1, 0.15) is 22.3 Å². The van der Waals surface area contributed by atoms with Crippen LogP contribution in [0.15, 0.2) is 265 Å². The number of nitrogens with zero attached hydrogens (tertiary/aromatic N) is 1. The van der Waals surface area contributed by atoms with Crippen molar-refractivity contribution in [1.29, 1.82) is 0 Å². The fourth-order valence-electron chi connectivity index (χ4n) is 12.4. The Morgan fingerprint density at radius 2 is 0.817 bits per heavy atom. The van der Waals surface area contributed by atoms with Crippen LogP contribution >= 0.6 is 0 Å². The lowest BCUT2D eigenvalue weighted by Crippen LogP contribution is -2.26. The van der Waals surface area contributed by atoms with Gasteiger partial charge in [0.15, 0.2) is 0 Å². The van der Waals surface area contributed by atoms with Gasteiger partial charge in [-0.15, -0.1) is 0 Å². The molecule has 0 N–H and O–H groups in total. The predicted molar refractivity (Wildman–Crippen MR) is 296 cm³/mol. The van der Waals surface area contributed by atoms with E-state index in [9.17, 15) is 0 Å². The summed E-state index contributed by atoms with van der Waals surface area (Å²) in [6.07, 6.45) is 0. The molecule has 0 radical (unpaired) electrons. The molecular formula is C69H43NO. The lowest BCUT2D eigenvalue weighted by atomic mass is 9.70. The number of fused-ring (bicyclic) bond motifs is 15. The maximum absolute atomic E-state index is 6.68. The van der Waals surface area contributed by atoms with Crippen molar-refractivity contribution in [1.82, 2.24) is 0 Å². The van der Waals surface area contributed by atoms with E-state index in [1.807, 2.05) is 0 Å². The summed E-state index contributed by atoms with van der Waals surface area (Å²) in [7, 11) is 0. The zero-order valence-electron chi connectivity index (χ0n) is 38.7. The van der Waals surface area contributed by atoms with Crippen LogP contribution in [0.3, 0.4) is 0 Å². The molecule has 2 aliphatic rings. The van der Waals surface area contributed by atoms with Crippen LogP contribution in [0, 0.1) is 0 Å². The van der Waals surface area contributed by atoms with E-state index in [0.29, 0.717) is 0 Å². The average molecular weight is 902 g/mol. The number of hydrogen-bond acceptors (Lipinski definition) is 2. The fourth-order valence-corrected chi connectivity index (χ4v) is 12.4. The van der Waals surface area contributed by atoms with E-state index >= 15 is 0 Å². The Morgan fingerprint density at radius 1 is 0.282 bits per heavy atom. The first-order valence-corrected chi connectivity index (χ1v) is 24.6. The Hall–Kier alpha value is -9.24. The molecule has 0 unspecified atom stereocenters. The van der Waals surface area contributed by atoms with Crippen LogP contribution in [0.4, 0.5) is 17.1 Å². The highest BCUT2D eigenvalue weighted by Crippen LogP contribution is 2.63. The molecule has 0 saturated heterocycles. The van der Waals surface area contributed by atoms with E-state index in [1.54, 1.807) is 0 Å². The van der Waals surface area contributed by atoms with Crippen LogP contribution in [-0.2, 0) is 5.41 Å². The van der Waals surface area contributed by atoms with Crippen molar-refractivity contribution < 1.29 is 4.42 Å². The van der Waals surface area contributed by atoms with Crippen molar-refractivity contribution in [3.05, 3.63) is 283 Å². The maximum Gasteiger partial charge on any atom is 0.136 e. The molecule has 12 aromatic carbocycles. The van der Waals surface area contributed by atoms with Gasteiger partial charge in [-0.2, -0.15) is 0 Å². The highest BCUT2D eigenvalue weighted by molar-refractivity contribution is 6.17. The minimum atomic E-state index is -0.483. The fraction of sp³-hybridized carbons (Fsp3) is 0.0145. The Kier molecular flexibility index (Phi) is 8.61. The first-order chi connectivity index (χ1) is 35.2. The Morgan fingerprint density at radius 3 is 1.56 bits per heavy atom. The number of hydrogen-bond donors (Lipinski definition) is 0. The van der Waals surface area contributed by atoms with Gasteiger partial charge < -0.3 is 9.32 Å². The van der Waals surface area contributed by atoms with Crippen molar-refractivity contribution in [3.8, 4) is 55.6 Å². The molecule has 0 bridgehead atoms. The number of furan rings is 1. The summed E-state index contributed by atoms with van der Waals surface area (Å²) in [6, 6.07) is 96.2. The Labute approximate surface area is 412 Å². The molecule has 2 aliphatic carbocycles. The largest absolute Gasteiger partial charge is 0.456 e. The third-order valence-corrected chi connectivity index (χ3v) is 15.5. The van der Waals surface area contributed by atoms with E-state index in [4.69, 9.17) is 4.42 Å². The molecule has 0 fully saturated rings. The van der Waals surface area contributed by atoms with Gasteiger partial charge in [0, 0.05) is 27.7 Å². The third-order valence-electron chi connectivity index (χ3n) is 15.5. The van der Waals surface area contributed by atoms with Crippen molar-refractivity contribution in [2.24, 2.45) is 0 Å². The van der Waals surface area contributed by atoms with E-state index in [0.717, 1.165) is 55.7 Å². The minimum absolute atomic E-state index is 0.483. The Balaban J connectivity index is 0.946. The number of rotatable bonds is 6. The second-order valence-electron chi connectivity index (χ2n) is 19.1. The first kappa shape index (κ1) is 39.7. The molecule has 13 aromatic rings. The molecule has 0 atom stereocenters. The van der Waals surface area contributed by atoms with E-state index in [2.05, 4.69) is 266 Å². The normalized spacial score (nSPS) is 12.9. The van der Waals surface area contributed by atoms with Gasteiger partial charge in [-0.25, -0.2) is 0 Å². The summed E-state index contributed by atoms with van der Waals surface area (Å²) < 4.78 is 6.68. The maximum atomic E-state index is 6.68.